The summed E-state index contributed by atoms with van der Waals surface area (Å²) < 4.78 is 48.9. The molecule has 4 unspecified atom stereocenters. The summed E-state index contributed by atoms with van der Waals surface area (Å²) in [7, 11) is 4.72. The number of aliphatic hydroxyl groups is 1. The lowest BCUT2D eigenvalue weighted by molar-refractivity contribution is -0.356. The molecule has 2 heterocycles. The average molecular weight is 561 g/mol. The van der Waals surface area contributed by atoms with Crippen molar-refractivity contribution in [1.29, 1.82) is 0 Å². The highest BCUT2D eigenvalue weighted by Crippen LogP contribution is 2.36. The zero-order valence-corrected chi connectivity index (χ0v) is 24.1. The van der Waals surface area contributed by atoms with Crippen LogP contribution in [0.5, 0.6) is 0 Å². The largest absolute Gasteiger partial charge is 0.388 e. The SMILES string of the molecule is CCC1O[C@@H](O[C@H]2C(C)C(OCc3ccccc3)[C@@H](OC)O[C@@H]2COCc2ccccc2)C(OC)[C@H](OC)[C@H]1O. The van der Waals surface area contributed by atoms with Gasteiger partial charge in [-0.25, -0.2) is 0 Å². The molecule has 0 bridgehead atoms. The van der Waals surface area contributed by atoms with Crippen molar-refractivity contribution in [2.24, 2.45) is 5.92 Å². The summed E-state index contributed by atoms with van der Waals surface area (Å²) in [6.07, 6.45) is -4.79. The fourth-order valence-corrected chi connectivity index (χ4v) is 5.51. The summed E-state index contributed by atoms with van der Waals surface area (Å²) in [6.45, 7) is 5.12. The highest BCUT2D eigenvalue weighted by atomic mass is 16.7. The number of benzene rings is 2. The Hall–Kier alpha value is -1.92. The van der Waals surface area contributed by atoms with Gasteiger partial charge in [0.1, 0.15) is 30.5 Å². The van der Waals surface area contributed by atoms with Crippen molar-refractivity contribution in [2.45, 2.75) is 88.8 Å². The summed E-state index contributed by atoms with van der Waals surface area (Å²) in [6, 6.07) is 19.9. The molecule has 40 heavy (non-hydrogen) atoms. The van der Waals surface area contributed by atoms with Crippen molar-refractivity contribution in [3.8, 4) is 0 Å². The van der Waals surface area contributed by atoms with Crippen LogP contribution >= 0.6 is 0 Å². The Balaban J connectivity index is 1.54. The monoisotopic (exact) mass is 560 g/mol. The van der Waals surface area contributed by atoms with Crippen LogP contribution in [0.2, 0.25) is 0 Å². The minimum absolute atomic E-state index is 0.165. The molecule has 4 rings (SSSR count). The predicted molar refractivity (Wildman–Crippen MR) is 147 cm³/mol. The molecule has 222 valence electrons. The number of hydrogen-bond acceptors (Lipinski definition) is 9. The number of methoxy groups -OCH3 is 3. The molecule has 2 aromatic carbocycles. The van der Waals surface area contributed by atoms with E-state index in [-0.39, 0.29) is 12.5 Å². The second-order valence-electron chi connectivity index (χ2n) is 10.3. The Kier molecular flexibility index (Phi) is 11.9. The lowest BCUT2D eigenvalue weighted by Gasteiger charge is -2.48. The molecule has 0 aliphatic carbocycles. The van der Waals surface area contributed by atoms with Crippen molar-refractivity contribution < 1.29 is 43.0 Å². The minimum atomic E-state index is -0.843. The first-order chi connectivity index (χ1) is 19.5. The third-order valence-corrected chi connectivity index (χ3v) is 7.75. The normalized spacial score (nSPS) is 34.5. The molecular weight excluding hydrogens is 516 g/mol. The van der Waals surface area contributed by atoms with Gasteiger partial charge >= 0.3 is 0 Å². The maximum atomic E-state index is 10.8. The summed E-state index contributed by atoms with van der Waals surface area (Å²) in [5.74, 6) is -0.165. The lowest BCUT2D eigenvalue weighted by Crippen LogP contribution is -2.63. The Morgan fingerprint density at radius 1 is 0.700 bits per heavy atom. The predicted octanol–water partition coefficient (Wildman–Crippen LogP) is 3.71. The smallest absolute Gasteiger partial charge is 0.187 e. The van der Waals surface area contributed by atoms with E-state index in [9.17, 15) is 5.11 Å². The molecular formula is C31H44O9. The molecule has 0 saturated carbocycles. The van der Waals surface area contributed by atoms with Crippen molar-refractivity contribution in [3.05, 3.63) is 71.8 Å². The fourth-order valence-electron chi connectivity index (χ4n) is 5.51. The van der Waals surface area contributed by atoms with E-state index in [0.29, 0.717) is 19.6 Å². The second kappa shape index (κ2) is 15.3. The molecule has 0 spiro atoms. The minimum Gasteiger partial charge on any atom is -0.388 e. The average Bonchev–Trinajstić information content (AvgIpc) is 2.99. The molecule has 0 aromatic heterocycles. The Morgan fingerprint density at radius 3 is 1.88 bits per heavy atom. The first kappa shape index (κ1) is 31.0. The summed E-state index contributed by atoms with van der Waals surface area (Å²) in [4.78, 5) is 0. The highest BCUT2D eigenvalue weighted by molar-refractivity contribution is 5.14. The van der Waals surface area contributed by atoms with Crippen molar-refractivity contribution in [1.82, 2.24) is 0 Å². The van der Waals surface area contributed by atoms with Gasteiger partial charge in [0.2, 0.25) is 0 Å². The maximum absolute atomic E-state index is 10.8. The molecule has 2 saturated heterocycles. The molecule has 0 amide bonds. The van der Waals surface area contributed by atoms with Gasteiger partial charge in [0.15, 0.2) is 12.6 Å². The fraction of sp³-hybridized carbons (Fsp3) is 0.613. The van der Waals surface area contributed by atoms with E-state index in [1.54, 1.807) is 21.3 Å². The van der Waals surface area contributed by atoms with Gasteiger partial charge in [-0.05, 0) is 17.5 Å². The van der Waals surface area contributed by atoms with E-state index < -0.39 is 55.3 Å². The van der Waals surface area contributed by atoms with Crippen LogP contribution in [0.3, 0.4) is 0 Å². The molecule has 2 aliphatic rings. The van der Waals surface area contributed by atoms with Gasteiger partial charge in [-0.3, -0.25) is 0 Å². The Morgan fingerprint density at radius 2 is 1.30 bits per heavy atom. The molecule has 2 aromatic rings. The number of hydrogen-bond donors (Lipinski definition) is 1. The number of aliphatic hydroxyl groups excluding tert-OH is 1. The second-order valence-corrected chi connectivity index (χ2v) is 10.3. The molecule has 9 nitrogen and oxygen atoms in total. The third kappa shape index (κ3) is 7.47. The summed E-state index contributed by atoms with van der Waals surface area (Å²) in [5.41, 5.74) is 2.11. The van der Waals surface area contributed by atoms with Crippen molar-refractivity contribution in [2.75, 3.05) is 27.9 Å². The summed E-state index contributed by atoms with van der Waals surface area (Å²) in [5, 5.41) is 10.8. The van der Waals surface area contributed by atoms with E-state index >= 15 is 0 Å². The zero-order chi connectivity index (χ0) is 28.5. The molecule has 0 radical (unpaired) electrons. The van der Waals surface area contributed by atoms with Crippen LogP contribution in [0.4, 0.5) is 0 Å². The van der Waals surface area contributed by atoms with Crippen LogP contribution in [0.15, 0.2) is 60.7 Å². The van der Waals surface area contributed by atoms with Crippen LogP contribution in [0.1, 0.15) is 31.4 Å². The quantitative estimate of drug-likeness (QED) is 0.394. The number of ether oxygens (including phenoxy) is 8. The van der Waals surface area contributed by atoms with Gasteiger partial charge < -0.3 is 43.0 Å². The molecule has 1 N–H and O–H groups in total. The molecule has 2 aliphatic heterocycles. The third-order valence-electron chi connectivity index (χ3n) is 7.75. The van der Waals surface area contributed by atoms with E-state index in [1.165, 1.54) is 0 Å². The van der Waals surface area contributed by atoms with Gasteiger partial charge in [0.25, 0.3) is 0 Å². The maximum Gasteiger partial charge on any atom is 0.187 e. The first-order valence-electron chi connectivity index (χ1n) is 14.0. The molecule has 9 heteroatoms. The molecule has 2 fully saturated rings. The van der Waals surface area contributed by atoms with Gasteiger partial charge in [-0.2, -0.15) is 0 Å². The van der Waals surface area contributed by atoms with Crippen molar-refractivity contribution in [3.63, 3.8) is 0 Å². The highest BCUT2D eigenvalue weighted by Gasteiger charge is 2.51. The standard InChI is InChI=1S/C31H44O9/c1-6-23-25(32)28(33-3)29(34-4)31(38-23)40-26-20(2)27(37-18-22-15-11-8-12-16-22)30(35-5)39-24(26)19-36-17-21-13-9-7-10-14-21/h7-16,20,23-32H,6,17-19H2,1-5H3/t20?,23?,24-,25+,26+,27?,28-,29?,30+,31+/m1/s1. The topological polar surface area (TPSA) is 94.1 Å². The van der Waals surface area contributed by atoms with Crippen LogP contribution < -0.4 is 0 Å². The first-order valence-corrected chi connectivity index (χ1v) is 14.0. The van der Waals surface area contributed by atoms with Gasteiger partial charge in [0.05, 0.1) is 32.0 Å². The molecule has 10 atom stereocenters. The summed E-state index contributed by atoms with van der Waals surface area (Å²) >= 11 is 0. The number of rotatable bonds is 13. The van der Waals surface area contributed by atoms with Crippen LogP contribution in [0.25, 0.3) is 0 Å². The van der Waals surface area contributed by atoms with Crippen molar-refractivity contribution >= 4 is 0 Å². The van der Waals surface area contributed by atoms with Crippen LogP contribution in [-0.2, 0) is 51.1 Å². The lowest BCUT2D eigenvalue weighted by atomic mass is 9.89. The Bertz CT molecular complexity index is 975. The van der Waals surface area contributed by atoms with Gasteiger partial charge in [-0.1, -0.05) is 74.5 Å². The van der Waals surface area contributed by atoms with E-state index in [1.807, 2.05) is 67.6 Å². The van der Waals surface area contributed by atoms with Crippen LogP contribution in [0, 0.1) is 5.92 Å². The van der Waals surface area contributed by atoms with Gasteiger partial charge in [0, 0.05) is 27.2 Å². The van der Waals surface area contributed by atoms with E-state index in [2.05, 4.69) is 6.92 Å². The van der Waals surface area contributed by atoms with Gasteiger partial charge in [-0.15, -0.1) is 0 Å². The van der Waals surface area contributed by atoms with Crippen LogP contribution in [-0.4, -0.2) is 88.4 Å². The zero-order valence-electron chi connectivity index (χ0n) is 24.1. The van der Waals surface area contributed by atoms with E-state index in [4.69, 9.17) is 37.9 Å². The van der Waals surface area contributed by atoms with E-state index in [0.717, 1.165) is 11.1 Å². The Labute approximate surface area is 237 Å².